The Bertz CT molecular complexity index is 1170. The van der Waals surface area contributed by atoms with Gasteiger partial charge in [-0.3, -0.25) is 9.59 Å². The van der Waals surface area contributed by atoms with Crippen LogP contribution in [0.1, 0.15) is 43.6 Å². The molecule has 10 heteroatoms. The number of carbonyl (C=O) groups excluding carboxylic acids is 2. The van der Waals surface area contributed by atoms with E-state index in [4.69, 9.17) is 16.9 Å². The predicted octanol–water partition coefficient (Wildman–Crippen LogP) is 3.64. The molecule has 8 nitrogen and oxygen atoms in total. The van der Waals surface area contributed by atoms with Crippen molar-refractivity contribution in [2.24, 2.45) is 5.92 Å². The van der Waals surface area contributed by atoms with E-state index in [-0.39, 0.29) is 27.0 Å². The first-order chi connectivity index (χ1) is 15.5. The largest absolute Gasteiger partial charge is 0.340 e. The van der Waals surface area contributed by atoms with Gasteiger partial charge < -0.3 is 10.6 Å². The minimum absolute atomic E-state index is 0.00888. The van der Waals surface area contributed by atoms with Crippen LogP contribution in [0, 0.1) is 17.2 Å². The fraction of sp³-hybridized carbons (Fsp3) is 0.348. The molecule has 2 amide bonds. The van der Waals surface area contributed by atoms with Gasteiger partial charge in [0, 0.05) is 24.3 Å². The Morgan fingerprint density at radius 1 is 1.12 bits per heavy atom. The molecule has 33 heavy (non-hydrogen) atoms. The molecule has 2 rings (SSSR count). The molecular formula is C23H27ClN4O4S. The lowest BCUT2D eigenvalue weighted by Crippen LogP contribution is -2.47. The molecule has 0 aliphatic rings. The SMILES string of the molecule is CCN(CC)S(=O)(=O)c1cccc(C(=O)N[C@H](C(=O)Nc2ccc(Cl)c(C#N)c2)C(C)C)c1. The number of hydrogen-bond acceptors (Lipinski definition) is 5. The number of amides is 2. The Morgan fingerprint density at radius 3 is 2.36 bits per heavy atom. The van der Waals surface area contributed by atoms with Crippen molar-refractivity contribution < 1.29 is 18.0 Å². The van der Waals surface area contributed by atoms with Crippen LogP contribution in [0.15, 0.2) is 47.4 Å². The zero-order valence-electron chi connectivity index (χ0n) is 18.9. The molecular weight excluding hydrogens is 464 g/mol. The van der Waals surface area contributed by atoms with Gasteiger partial charge in [0.15, 0.2) is 0 Å². The van der Waals surface area contributed by atoms with Crippen LogP contribution in [0.3, 0.4) is 0 Å². The van der Waals surface area contributed by atoms with Crippen molar-refractivity contribution in [2.75, 3.05) is 18.4 Å². The smallest absolute Gasteiger partial charge is 0.251 e. The maximum Gasteiger partial charge on any atom is 0.251 e. The number of nitrogens with one attached hydrogen (secondary N) is 2. The highest BCUT2D eigenvalue weighted by atomic mass is 35.5. The summed E-state index contributed by atoms with van der Waals surface area (Å²) >= 11 is 5.93. The number of benzene rings is 2. The second-order valence-electron chi connectivity index (χ2n) is 7.61. The summed E-state index contributed by atoms with van der Waals surface area (Å²) in [4.78, 5) is 25.8. The summed E-state index contributed by atoms with van der Waals surface area (Å²) in [6.07, 6.45) is 0. The van der Waals surface area contributed by atoms with Crippen molar-refractivity contribution in [3.8, 4) is 6.07 Å². The van der Waals surface area contributed by atoms with E-state index >= 15 is 0 Å². The summed E-state index contributed by atoms with van der Waals surface area (Å²) in [5.41, 5.74) is 0.707. The molecule has 176 valence electrons. The maximum absolute atomic E-state index is 12.9. The Kier molecular flexibility index (Phi) is 8.99. The predicted molar refractivity (Wildman–Crippen MR) is 127 cm³/mol. The Hall–Kier alpha value is -2.93. The van der Waals surface area contributed by atoms with Crippen molar-refractivity contribution in [3.05, 3.63) is 58.6 Å². The van der Waals surface area contributed by atoms with Crippen molar-refractivity contribution >= 4 is 39.1 Å². The van der Waals surface area contributed by atoms with Gasteiger partial charge in [-0.05, 0) is 42.3 Å². The highest BCUT2D eigenvalue weighted by Crippen LogP contribution is 2.21. The van der Waals surface area contributed by atoms with Crippen LogP contribution < -0.4 is 10.6 Å². The molecule has 0 radical (unpaired) electrons. The van der Waals surface area contributed by atoms with Crippen LogP contribution in [0.5, 0.6) is 0 Å². The lowest BCUT2D eigenvalue weighted by atomic mass is 10.0. The summed E-state index contributed by atoms with van der Waals surface area (Å²) in [5, 5.41) is 14.7. The normalized spacial score (nSPS) is 12.3. The molecule has 2 aromatic rings. The van der Waals surface area contributed by atoms with Gasteiger partial charge in [0.2, 0.25) is 15.9 Å². The topological polar surface area (TPSA) is 119 Å². The number of anilines is 1. The van der Waals surface area contributed by atoms with Crippen LogP contribution in [0.4, 0.5) is 5.69 Å². The van der Waals surface area contributed by atoms with Crippen molar-refractivity contribution in [1.29, 1.82) is 5.26 Å². The van der Waals surface area contributed by atoms with E-state index in [1.54, 1.807) is 33.8 Å². The standard InChI is InChI=1S/C23H27ClN4O4S/c1-5-28(6-2)33(31,32)19-9-7-8-16(13-19)22(29)27-21(15(3)4)23(30)26-18-10-11-20(24)17(12-18)14-25/h7-13,15,21H,5-6H2,1-4H3,(H,26,30)(H,27,29)/t21-/m0/s1. The lowest BCUT2D eigenvalue weighted by Gasteiger charge is -2.22. The van der Waals surface area contributed by atoms with Crippen molar-refractivity contribution in [1.82, 2.24) is 9.62 Å². The third kappa shape index (κ3) is 6.32. The molecule has 0 saturated heterocycles. The summed E-state index contributed by atoms with van der Waals surface area (Å²) in [5.74, 6) is -1.31. The second kappa shape index (κ2) is 11.3. The van der Waals surface area contributed by atoms with E-state index in [2.05, 4.69) is 10.6 Å². The summed E-state index contributed by atoms with van der Waals surface area (Å²) in [6, 6.07) is 11.3. The maximum atomic E-state index is 12.9. The first-order valence-corrected chi connectivity index (χ1v) is 12.3. The summed E-state index contributed by atoms with van der Waals surface area (Å²) in [7, 11) is -3.73. The average molecular weight is 491 g/mol. The van der Waals surface area contributed by atoms with Gasteiger partial charge in [-0.15, -0.1) is 0 Å². The van der Waals surface area contributed by atoms with E-state index in [0.29, 0.717) is 18.8 Å². The van der Waals surface area contributed by atoms with Crippen LogP contribution in [-0.4, -0.2) is 43.7 Å². The molecule has 0 spiro atoms. The van der Waals surface area contributed by atoms with E-state index in [1.807, 2.05) is 6.07 Å². The summed E-state index contributed by atoms with van der Waals surface area (Å²) in [6.45, 7) is 7.64. The van der Waals surface area contributed by atoms with Gasteiger partial charge in [0.05, 0.1) is 15.5 Å². The van der Waals surface area contributed by atoms with Gasteiger partial charge in [0.25, 0.3) is 5.91 Å². The molecule has 2 N–H and O–H groups in total. The molecule has 0 fully saturated rings. The quantitative estimate of drug-likeness (QED) is 0.556. The van der Waals surface area contributed by atoms with Crippen LogP contribution in [0.2, 0.25) is 5.02 Å². The molecule has 0 saturated carbocycles. The third-order valence-electron chi connectivity index (χ3n) is 5.03. The number of hydrogen-bond donors (Lipinski definition) is 2. The zero-order chi connectivity index (χ0) is 24.8. The number of halogens is 1. The number of sulfonamides is 1. The van der Waals surface area contributed by atoms with Gasteiger partial charge in [0.1, 0.15) is 12.1 Å². The molecule has 0 bridgehead atoms. The molecule has 0 heterocycles. The first-order valence-electron chi connectivity index (χ1n) is 10.5. The van der Waals surface area contributed by atoms with E-state index in [0.717, 1.165) is 0 Å². The Labute approximate surface area is 199 Å². The van der Waals surface area contributed by atoms with Gasteiger partial charge >= 0.3 is 0 Å². The highest BCUT2D eigenvalue weighted by molar-refractivity contribution is 7.89. The average Bonchev–Trinajstić information content (AvgIpc) is 2.78. The van der Waals surface area contributed by atoms with E-state index in [1.165, 1.54) is 40.7 Å². The molecule has 0 aliphatic carbocycles. The van der Waals surface area contributed by atoms with Crippen molar-refractivity contribution in [3.63, 3.8) is 0 Å². The van der Waals surface area contributed by atoms with Gasteiger partial charge in [-0.25, -0.2) is 8.42 Å². The van der Waals surface area contributed by atoms with Gasteiger partial charge in [-0.1, -0.05) is 45.4 Å². The fourth-order valence-electron chi connectivity index (χ4n) is 3.18. The fourth-order valence-corrected chi connectivity index (χ4v) is 4.84. The second-order valence-corrected chi connectivity index (χ2v) is 9.95. The van der Waals surface area contributed by atoms with Crippen molar-refractivity contribution in [2.45, 2.75) is 38.6 Å². The van der Waals surface area contributed by atoms with Crippen LogP contribution in [-0.2, 0) is 14.8 Å². The Morgan fingerprint density at radius 2 is 1.79 bits per heavy atom. The zero-order valence-corrected chi connectivity index (χ0v) is 20.5. The number of carbonyl (C=O) groups is 2. The lowest BCUT2D eigenvalue weighted by molar-refractivity contribution is -0.118. The molecule has 0 aromatic heterocycles. The number of nitrogens with zero attached hydrogens (tertiary/aromatic N) is 2. The minimum atomic E-state index is -3.73. The van der Waals surface area contributed by atoms with Crippen LogP contribution in [0.25, 0.3) is 0 Å². The number of nitriles is 1. The number of rotatable bonds is 9. The van der Waals surface area contributed by atoms with Crippen LogP contribution >= 0.6 is 11.6 Å². The van der Waals surface area contributed by atoms with Gasteiger partial charge in [-0.2, -0.15) is 9.57 Å². The summed E-state index contributed by atoms with van der Waals surface area (Å²) < 4.78 is 26.9. The highest BCUT2D eigenvalue weighted by Gasteiger charge is 2.27. The third-order valence-corrected chi connectivity index (χ3v) is 7.40. The van der Waals surface area contributed by atoms with E-state index < -0.39 is 27.9 Å². The first kappa shape index (κ1) is 26.3. The molecule has 0 aliphatic heterocycles. The molecule has 2 aromatic carbocycles. The van der Waals surface area contributed by atoms with E-state index in [9.17, 15) is 18.0 Å². The Balaban J connectivity index is 2.24. The molecule has 0 unspecified atom stereocenters. The monoisotopic (exact) mass is 490 g/mol. The minimum Gasteiger partial charge on any atom is -0.340 e. The molecule has 1 atom stereocenters.